The lowest BCUT2D eigenvalue weighted by atomic mass is 10.0. The van der Waals surface area contributed by atoms with Gasteiger partial charge in [0.05, 0.1) is 11.7 Å². The van der Waals surface area contributed by atoms with Gasteiger partial charge in [-0.3, -0.25) is 0 Å². The van der Waals surface area contributed by atoms with Gasteiger partial charge in [-0.15, -0.1) is 0 Å². The lowest BCUT2D eigenvalue weighted by Crippen LogP contribution is -2.12. The zero-order valence-corrected chi connectivity index (χ0v) is 11.9. The lowest BCUT2D eigenvalue weighted by Gasteiger charge is -2.16. The standard InChI is InChI=1S/C14H18ClN3/c1-8-5-9(2)7-12(6-8)11(4)18-14(16)13(15)10(3)17-18/h5-7,11H,16H2,1-4H3. The molecular formula is C14H18ClN3. The van der Waals surface area contributed by atoms with E-state index < -0.39 is 0 Å². The second-order valence-corrected chi connectivity index (χ2v) is 5.20. The Labute approximate surface area is 113 Å². The number of anilines is 1. The summed E-state index contributed by atoms with van der Waals surface area (Å²) in [4.78, 5) is 0. The average molecular weight is 264 g/mol. The van der Waals surface area contributed by atoms with Crippen molar-refractivity contribution in [3.63, 3.8) is 0 Å². The summed E-state index contributed by atoms with van der Waals surface area (Å²) in [5, 5.41) is 4.95. The Hall–Kier alpha value is -1.48. The van der Waals surface area contributed by atoms with E-state index in [4.69, 9.17) is 17.3 Å². The van der Waals surface area contributed by atoms with E-state index in [1.54, 1.807) is 4.68 Å². The first-order chi connectivity index (χ1) is 8.40. The van der Waals surface area contributed by atoms with Crippen LogP contribution in [0.15, 0.2) is 18.2 Å². The van der Waals surface area contributed by atoms with Crippen molar-refractivity contribution >= 4 is 17.4 Å². The SMILES string of the molecule is Cc1cc(C)cc(C(C)n2nc(C)c(Cl)c2N)c1. The number of halogens is 1. The molecule has 0 amide bonds. The number of aromatic nitrogens is 2. The number of rotatable bonds is 2. The van der Waals surface area contributed by atoms with Crippen molar-refractivity contribution in [3.05, 3.63) is 45.6 Å². The van der Waals surface area contributed by atoms with Crippen LogP contribution in [-0.2, 0) is 0 Å². The fourth-order valence-corrected chi connectivity index (χ4v) is 2.36. The number of benzene rings is 1. The molecule has 18 heavy (non-hydrogen) atoms. The summed E-state index contributed by atoms with van der Waals surface area (Å²) in [7, 11) is 0. The highest BCUT2D eigenvalue weighted by atomic mass is 35.5. The maximum Gasteiger partial charge on any atom is 0.141 e. The van der Waals surface area contributed by atoms with Crippen LogP contribution in [0.2, 0.25) is 5.02 Å². The molecule has 4 heteroatoms. The number of nitrogens with zero attached hydrogens (tertiary/aromatic N) is 2. The minimum Gasteiger partial charge on any atom is -0.383 e. The van der Waals surface area contributed by atoms with Crippen LogP contribution in [0.25, 0.3) is 0 Å². The summed E-state index contributed by atoms with van der Waals surface area (Å²) in [6.07, 6.45) is 0. The molecule has 2 N–H and O–H groups in total. The largest absolute Gasteiger partial charge is 0.383 e. The van der Waals surface area contributed by atoms with Crippen LogP contribution in [0.3, 0.4) is 0 Å². The van der Waals surface area contributed by atoms with Crippen LogP contribution in [0.4, 0.5) is 5.82 Å². The first-order valence-electron chi connectivity index (χ1n) is 5.98. The summed E-state index contributed by atoms with van der Waals surface area (Å²) in [6, 6.07) is 6.54. The summed E-state index contributed by atoms with van der Waals surface area (Å²) in [5.41, 5.74) is 10.4. The molecule has 0 aliphatic heterocycles. The van der Waals surface area contributed by atoms with Crippen LogP contribution >= 0.6 is 11.6 Å². The predicted octanol–water partition coefficient (Wildman–Crippen LogP) is 3.65. The summed E-state index contributed by atoms with van der Waals surface area (Å²) in [6.45, 7) is 8.12. The Bertz CT molecular complexity index is 567. The van der Waals surface area contributed by atoms with Gasteiger partial charge in [-0.1, -0.05) is 40.9 Å². The smallest absolute Gasteiger partial charge is 0.141 e. The van der Waals surface area contributed by atoms with E-state index in [1.807, 2.05) is 6.92 Å². The zero-order chi connectivity index (χ0) is 13.4. The van der Waals surface area contributed by atoms with Crippen LogP contribution in [0.5, 0.6) is 0 Å². The van der Waals surface area contributed by atoms with Crippen LogP contribution in [0, 0.1) is 20.8 Å². The number of nitrogens with two attached hydrogens (primary N) is 1. The summed E-state index contributed by atoms with van der Waals surface area (Å²) < 4.78 is 1.78. The van der Waals surface area contributed by atoms with Gasteiger partial charge in [-0.05, 0) is 33.3 Å². The number of hydrogen-bond acceptors (Lipinski definition) is 2. The Morgan fingerprint density at radius 2 is 1.72 bits per heavy atom. The topological polar surface area (TPSA) is 43.8 Å². The van der Waals surface area contributed by atoms with Gasteiger partial charge in [0.25, 0.3) is 0 Å². The van der Waals surface area contributed by atoms with Gasteiger partial charge in [-0.2, -0.15) is 5.10 Å². The van der Waals surface area contributed by atoms with Crippen LogP contribution < -0.4 is 5.73 Å². The molecule has 96 valence electrons. The fourth-order valence-electron chi connectivity index (χ4n) is 2.23. The second kappa shape index (κ2) is 4.65. The first kappa shape index (κ1) is 13.0. The van der Waals surface area contributed by atoms with Gasteiger partial charge < -0.3 is 5.73 Å². The molecule has 0 saturated heterocycles. The van der Waals surface area contributed by atoms with Crippen molar-refractivity contribution in [3.8, 4) is 0 Å². The minimum atomic E-state index is 0.0785. The molecule has 2 rings (SSSR count). The molecule has 0 saturated carbocycles. The molecular weight excluding hydrogens is 246 g/mol. The zero-order valence-electron chi connectivity index (χ0n) is 11.2. The Morgan fingerprint density at radius 1 is 1.17 bits per heavy atom. The molecule has 1 aromatic carbocycles. The van der Waals surface area contributed by atoms with Crippen molar-refractivity contribution in [2.24, 2.45) is 0 Å². The Morgan fingerprint density at radius 3 is 2.17 bits per heavy atom. The third-order valence-corrected chi connectivity index (χ3v) is 3.61. The Kier molecular flexibility index (Phi) is 3.35. The highest BCUT2D eigenvalue weighted by Gasteiger charge is 2.16. The van der Waals surface area contributed by atoms with E-state index in [9.17, 15) is 0 Å². The quantitative estimate of drug-likeness (QED) is 0.899. The molecule has 1 aromatic heterocycles. The van der Waals surface area contributed by atoms with E-state index in [1.165, 1.54) is 16.7 Å². The fraction of sp³-hybridized carbons (Fsp3) is 0.357. The monoisotopic (exact) mass is 263 g/mol. The molecule has 0 aliphatic rings. The number of hydrogen-bond donors (Lipinski definition) is 1. The summed E-state index contributed by atoms with van der Waals surface area (Å²) in [5.74, 6) is 0.529. The molecule has 1 atom stereocenters. The van der Waals surface area contributed by atoms with Crippen molar-refractivity contribution in [1.82, 2.24) is 9.78 Å². The average Bonchev–Trinajstić information content (AvgIpc) is 2.55. The first-order valence-corrected chi connectivity index (χ1v) is 6.36. The molecule has 0 bridgehead atoms. The van der Waals surface area contributed by atoms with Gasteiger partial charge in [0, 0.05) is 0 Å². The minimum absolute atomic E-state index is 0.0785. The lowest BCUT2D eigenvalue weighted by molar-refractivity contribution is 0.568. The van der Waals surface area contributed by atoms with E-state index in [0.717, 1.165) is 5.69 Å². The highest BCUT2D eigenvalue weighted by Crippen LogP contribution is 2.28. The Balaban J connectivity index is 2.47. The van der Waals surface area contributed by atoms with Gasteiger partial charge in [0.1, 0.15) is 10.8 Å². The molecule has 2 aromatic rings. The molecule has 0 aliphatic carbocycles. The molecule has 0 fully saturated rings. The second-order valence-electron chi connectivity index (χ2n) is 4.83. The van der Waals surface area contributed by atoms with Crippen LogP contribution in [-0.4, -0.2) is 9.78 Å². The van der Waals surface area contributed by atoms with Crippen molar-refractivity contribution in [1.29, 1.82) is 0 Å². The van der Waals surface area contributed by atoms with Gasteiger partial charge in [-0.25, -0.2) is 4.68 Å². The normalized spacial score (nSPS) is 12.7. The maximum atomic E-state index is 6.08. The highest BCUT2D eigenvalue weighted by molar-refractivity contribution is 6.33. The van der Waals surface area contributed by atoms with Crippen LogP contribution in [0.1, 0.15) is 35.3 Å². The van der Waals surface area contributed by atoms with Gasteiger partial charge in [0.15, 0.2) is 0 Å². The number of aryl methyl sites for hydroxylation is 3. The maximum absolute atomic E-state index is 6.08. The predicted molar refractivity (Wildman–Crippen MR) is 76.1 cm³/mol. The van der Waals surface area contributed by atoms with Crippen molar-refractivity contribution in [2.75, 3.05) is 5.73 Å². The van der Waals surface area contributed by atoms with Crippen molar-refractivity contribution < 1.29 is 0 Å². The molecule has 1 heterocycles. The third kappa shape index (κ3) is 2.23. The van der Waals surface area contributed by atoms with E-state index >= 15 is 0 Å². The van der Waals surface area contributed by atoms with E-state index in [2.05, 4.69) is 44.1 Å². The van der Waals surface area contributed by atoms with E-state index in [0.29, 0.717) is 10.8 Å². The van der Waals surface area contributed by atoms with Crippen molar-refractivity contribution in [2.45, 2.75) is 33.7 Å². The molecule has 1 unspecified atom stereocenters. The van der Waals surface area contributed by atoms with E-state index in [-0.39, 0.29) is 6.04 Å². The van der Waals surface area contributed by atoms with Gasteiger partial charge in [0.2, 0.25) is 0 Å². The summed E-state index contributed by atoms with van der Waals surface area (Å²) >= 11 is 6.08. The number of nitrogen functional groups attached to an aromatic ring is 1. The molecule has 0 radical (unpaired) electrons. The van der Waals surface area contributed by atoms with Gasteiger partial charge >= 0.3 is 0 Å². The molecule has 0 spiro atoms. The molecule has 3 nitrogen and oxygen atoms in total. The third-order valence-electron chi connectivity index (χ3n) is 3.14.